The monoisotopic (exact) mass is 465 g/mol. The van der Waals surface area contributed by atoms with Gasteiger partial charge in [0.05, 0.1) is 25.1 Å². The standard InChI is InChI=1S/C26H31N3O5/c1-16-6-4-5-7-20(16)27-24(30)18-9-10-19-21(15-18)28-26(32)29(25(19)31)13-12-17-8-11-22(33-2)23(14-17)34-3/h8-11,14-16,20H,4-7,12-13H2,1-3H3,(H,27,30)(H,28,32)/t16-,20-/m1/s1. The van der Waals surface area contributed by atoms with Crippen LogP contribution in [0.1, 0.15) is 48.5 Å². The Hall–Kier alpha value is -3.55. The Balaban J connectivity index is 1.54. The van der Waals surface area contributed by atoms with Crippen LogP contribution in [-0.4, -0.2) is 35.7 Å². The van der Waals surface area contributed by atoms with Crippen LogP contribution < -0.4 is 26.0 Å². The van der Waals surface area contributed by atoms with Gasteiger partial charge in [-0.2, -0.15) is 0 Å². The Morgan fingerprint density at radius 2 is 1.82 bits per heavy atom. The SMILES string of the molecule is COc1ccc(CCn2c(=O)[nH]c3cc(C(=O)N[C@@H]4CCCC[C@H]4C)ccc3c2=O)cc1OC. The van der Waals surface area contributed by atoms with Gasteiger partial charge in [-0.1, -0.05) is 25.8 Å². The lowest BCUT2D eigenvalue weighted by Gasteiger charge is -2.29. The summed E-state index contributed by atoms with van der Waals surface area (Å²) in [6.45, 7) is 2.37. The normalized spacial score (nSPS) is 18.0. The maximum absolute atomic E-state index is 13.0. The third-order valence-electron chi connectivity index (χ3n) is 6.74. The first-order valence-corrected chi connectivity index (χ1v) is 11.7. The minimum atomic E-state index is -0.503. The quantitative estimate of drug-likeness (QED) is 0.558. The number of H-pyrrole nitrogens is 1. The van der Waals surface area contributed by atoms with Gasteiger partial charge in [0.1, 0.15) is 0 Å². The van der Waals surface area contributed by atoms with Gasteiger partial charge in [0, 0.05) is 18.2 Å². The molecule has 0 spiro atoms. The highest BCUT2D eigenvalue weighted by molar-refractivity contribution is 5.97. The lowest BCUT2D eigenvalue weighted by Crippen LogP contribution is -2.41. The molecule has 34 heavy (non-hydrogen) atoms. The summed E-state index contributed by atoms with van der Waals surface area (Å²) in [4.78, 5) is 41.3. The highest BCUT2D eigenvalue weighted by atomic mass is 16.5. The fourth-order valence-corrected chi connectivity index (χ4v) is 4.66. The second-order valence-electron chi connectivity index (χ2n) is 8.93. The van der Waals surface area contributed by atoms with Crippen LogP contribution in [0.5, 0.6) is 11.5 Å². The zero-order valence-corrected chi connectivity index (χ0v) is 19.8. The van der Waals surface area contributed by atoms with E-state index in [4.69, 9.17) is 9.47 Å². The number of hydrogen-bond acceptors (Lipinski definition) is 5. The number of rotatable bonds is 7. The largest absolute Gasteiger partial charge is 0.493 e. The van der Waals surface area contributed by atoms with Crippen LogP contribution >= 0.6 is 0 Å². The second kappa shape index (κ2) is 10.2. The predicted molar refractivity (Wildman–Crippen MR) is 131 cm³/mol. The van der Waals surface area contributed by atoms with E-state index in [-0.39, 0.29) is 24.1 Å². The van der Waals surface area contributed by atoms with Gasteiger partial charge in [-0.05, 0) is 61.1 Å². The van der Waals surface area contributed by atoms with Crippen LogP contribution in [-0.2, 0) is 13.0 Å². The summed E-state index contributed by atoms with van der Waals surface area (Å²) in [7, 11) is 3.13. The number of nitrogens with one attached hydrogen (secondary N) is 2. The lowest BCUT2D eigenvalue weighted by atomic mass is 9.86. The lowest BCUT2D eigenvalue weighted by molar-refractivity contribution is 0.0910. The molecular formula is C26H31N3O5. The van der Waals surface area contributed by atoms with Crippen molar-refractivity contribution in [3.05, 3.63) is 68.4 Å². The predicted octanol–water partition coefficient (Wildman–Crippen LogP) is 3.26. The maximum Gasteiger partial charge on any atom is 0.328 e. The summed E-state index contributed by atoms with van der Waals surface area (Å²) >= 11 is 0. The summed E-state index contributed by atoms with van der Waals surface area (Å²) in [6.07, 6.45) is 4.86. The number of nitrogens with zero attached hydrogens (tertiary/aromatic N) is 1. The molecule has 0 aliphatic heterocycles. The molecule has 2 N–H and O–H groups in total. The smallest absolute Gasteiger partial charge is 0.328 e. The van der Waals surface area contributed by atoms with Crippen molar-refractivity contribution >= 4 is 16.8 Å². The topological polar surface area (TPSA) is 102 Å². The Kier molecular flexibility index (Phi) is 7.05. The van der Waals surface area contributed by atoms with Gasteiger partial charge < -0.3 is 19.8 Å². The Morgan fingerprint density at radius 3 is 2.56 bits per heavy atom. The highest BCUT2D eigenvalue weighted by Crippen LogP contribution is 2.28. The average Bonchev–Trinajstić information content (AvgIpc) is 2.84. The van der Waals surface area contributed by atoms with E-state index < -0.39 is 5.69 Å². The molecule has 1 heterocycles. The Bertz CT molecular complexity index is 1310. The summed E-state index contributed by atoms with van der Waals surface area (Å²) in [5.41, 5.74) is 0.821. The second-order valence-corrected chi connectivity index (χ2v) is 8.93. The Morgan fingerprint density at radius 1 is 1.06 bits per heavy atom. The molecule has 1 aliphatic carbocycles. The van der Waals surface area contributed by atoms with Gasteiger partial charge >= 0.3 is 5.69 Å². The molecule has 2 aromatic carbocycles. The first kappa shape index (κ1) is 23.6. The van der Waals surface area contributed by atoms with Crippen LogP contribution in [0.25, 0.3) is 10.9 Å². The molecule has 0 radical (unpaired) electrons. The number of amides is 1. The Labute approximate surface area is 197 Å². The van der Waals surface area contributed by atoms with Crippen molar-refractivity contribution in [3.8, 4) is 11.5 Å². The van der Waals surface area contributed by atoms with Crippen LogP contribution in [0.2, 0.25) is 0 Å². The summed E-state index contributed by atoms with van der Waals surface area (Å²) < 4.78 is 11.8. The molecule has 180 valence electrons. The first-order valence-electron chi connectivity index (χ1n) is 11.7. The van der Waals surface area contributed by atoms with E-state index in [9.17, 15) is 14.4 Å². The van der Waals surface area contributed by atoms with Crippen molar-refractivity contribution in [2.24, 2.45) is 5.92 Å². The van der Waals surface area contributed by atoms with Crippen LogP contribution in [0.3, 0.4) is 0 Å². The average molecular weight is 466 g/mol. The van der Waals surface area contributed by atoms with Crippen molar-refractivity contribution in [1.29, 1.82) is 0 Å². The summed E-state index contributed by atoms with van der Waals surface area (Å²) in [5.74, 6) is 1.47. The van der Waals surface area contributed by atoms with E-state index in [1.807, 2.05) is 12.1 Å². The number of carbonyl (C=O) groups is 1. The number of aromatic amines is 1. The van der Waals surface area contributed by atoms with Gasteiger partial charge in [-0.25, -0.2) is 4.79 Å². The summed E-state index contributed by atoms with van der Waals surface area (Å²) in [6, 6.07) is 10.5. The molecular weight excluding hydrogens is 434 g/mol. The minimum Gasteiger partial charge on any atom is -0.493 e. The van der Waals surface area contributed by atoms with Gasteiger partial charge in [-0.15, -0.1) is 0 Å². The van der Waals surface area contributed by atoms with Crippen LogP contribution in [0.15, 0.2) is 46.0 Å². The van der Waals surface area contributed by atoms with Gasteiger partial charge in [-0.3, -0.25) is 14.2 Å². The zero-order valence-electron chi connectivity index (χ0n) is 19.8. The number of carbonyl (C=O) groups excluding carboxylic acids is 1. The van der Waals surface area contributed by atoms with Crippen LogP contribution in [0.4, 0.5) is 0 Å². The van der Waals surface area contributed by atoms with Gasteiger partial charge in [0.2, 0.25) is 0 Å². The summed E-state index contributed by atoms with van der Waals surface area (Å²) in [5, 5.41) is 3.48. The molecule has 0 saturated heterocycles. The highest BCUT2D eigenvalue weighted by Gasteiger charge is 2.23. The third kappa shape index (κ3) is 4.85. The third-order valence-corrected chi connectivity index (χ3v) is 6.74. The van der Waals surface area contributed by atoms with Crippen molar-refractivity contribution < 1.29 is 14.3 Å². The van der Waals surface area contributed by atoms with Gasteiger partial charge in [0.25, 0.3) is 11.5 Å². The molecule has 1 aromatic heterocycles. The number of aryl methyl sites for hydroxylation is 1. The molecule has 1 amide bonds. The van der Waals surface area contributed by atoms with E-state index in [0.717, 1.165) is 24.8 Å². The minimum absolute atomic E-state index is 0.153. The molecule has 1 aliphatic rings. The van der Waals surface area contributed by atoms with E-state index in [1.165, 1.54) is 11.0 Å². The number of methoxy groups -OCH3 is 2. The number of hydrogen-bond donors (Lipinski definition) is 2. The molecule has 8 nitrogen and oxygen atoms in total. The van der Waals surface area contributed by atoms with E-state index in [1.54, 1.807) is 38.5 Å². The molecule has 3 aromatic rings. The van der Waals surface area contributed by atoms with E-state index >= 15 is 0 Å². The number of aromatic nitrogens is 2. The molecule has 4 rings (SSSR count). The number of benzene rings is 2. The molecule has 1 saturated carbocycles. The van der Waals surface area contributed by atoms with Crippen molar-refractivity contribution in [2.45, 2.75) is 51.6 Å². The van der Waals surface area contributed by atoms with Gasteiger partial charge in [0.15, 0.2) is 11.5 Å². The molecule has 0 bridgehead atoms. The maximum atomic E-state index is 13.0. The van der Waals surface area contributed by atoms with E-state index in [0.29, 0.717) is 40.3 Å². The first-order chi connectivity index (χ1) is 16.4. The fourth-order valence-electron chi connectivity index (χ4n) is 4.66. The molecule has 8 heteroatoms. The zero-order chi connectivity index (χ0) is 24.2. The molecule has 1 fully saturated rings. The van der Waals surface area contributed by atoms with E-state index in [2.05, 4.69) is 17.2 Å². The molecule has 0 unspecified atom stereocenters. The molecule has 2 atom stereocenters. The van der Waals surface area contributed by atoms with Crippen molar-refractivity contribution in [2.75, 3.05) is 14.2 Å². The van der Waals surface area contributed by atoms with Crippen molar-refractivity contribution in [1.82, 2.24) is 14.9 Å². The van der Waals surface area contributed by atoms with Crippen LogP contribution in [0, 0.1) is 5.92 Å². The fraction of sp³-hybridized carbons (Fsp3) is 0.423. The number of fused-ring (bicyclic) bond motifs is 1. The van der Waals surface area contributed by atoms with Crippen molar-refractivity contribution in [3.63, 3.8) is 0 Å². The number of ether oxygens (including phenoxy) is 2.